The molecule has 3 nitrogen and oxygen atoms in total. The molecule has 1 radical (unpaired) electrons. The maximum Gasteiger partial charge on any atom is 0.434 e. The zero-order valence-electron chi connectivity index (χ0n) is 10.6. The first-order valence-corrected chi connectivity index (χ1v) is 7.48. The Kier molecular flexibility index (Phi) is 3.50. The van der Waals surface area contributed by atoms with Crippen LogP contribution >= 0.6 is 22.7 Å². The summed E-state index contributed by atoms with van der Waals surface area (Å²) in [4.78, 5) is 13.7. The molecule has 0 aliphatic rings. The van der Waals surface area contributed by atoms with Crippen LogP contribution in [0.15, 0.2) is 23.6 Å². The number of halogens is 3. The van der Waals surface area contributed by atoms with Crippen molar-refractivity contribution in [3.63, 3.8) is 0 Å². The fraction of sp³-hybridized carbons (Fsp3) is 0.154. The molecule has 3 aromatic rings. The van der Waals surface area contributed by atoms with Gasteiger partial charge < -0.3 is 0 Å². The van der Waals surface area contributed by atoms with Crippen LogP contribution in [0.5, 0.6) is 0 Å². The Bertz CT molecular complexity index is 777. The van der Waals surface area contributed by atoms with Gasteiger partial charge in [-0.2, -0.15) is 13.2 Å². The third-order valence-corrected chi connectivity index (χ3v) is 4.44. The molecular weight excluding hydrogens is 319 g/mol. The molecule has 3 rings (SSSR count). The van der Waals surface area contributed by atoms with Crippen molar-refractivity contribution >= 4 is 22.7 Å². The van der Waals surface area contributed by atoms with Gasteiger partial charge in [0.2, 0.25) is 0 Å². The molecule has 0 bridgehead atoms. The normalized spacial score (nSPS) is 11.8. The van der Waals surface area contributed by atoms with E-state index in [1.54, 1.807) is 17.4 Å². The quantitative estimate of drug-likeness (QED) is 0.698. The molecule has 21 heavy (non-hydrogen) atoms. The van der Waals surface area contributed by atoms with Gasteiger partial charge in [0.05, 0.1) is 16.8 Å². The lowest BCUT2D eigenvalue weighted by Crippen LogP contribution is -2.05. The number of aryl methyl sites for hydroxylation is 1. The minimum absolute atomic E-state index is 0.133. The fourth-order valence-corrected chi connectivity index (χ4v) is 3.21. The van der Waals surface area contributed by atoms with Crippen molar-refractivity contribution < 1.29 is 13.2 Å². The molecule has 0 fully saturated rings. The Labute approximate surface area is 126 Å². The maximum absolute atomic E-state index is 12.6. The SMILES string of the molecule is Cc1ccc(-c2c[c]nc(-c3nc(C(F)(F)F)cs3)n2)s1. The summed E-state index contributed by atoms with van der Waals surface area (Å²) in [5.74, 6) is 0.152. The minimum atomic E-state index is -4.46. The van der Waals surface area contributed by atoms with Crippen molar-refractivity contribution in [2.45, 2.75) is 13.1 Å². The molecule has 3 heterocycles. The van der Waals surface area contributed by atoms with Crippen LogP contribution in [0, 0.1) is 13.1 Å². The predicted octanol–water partition coefficient (Wildman–Crippen LogP) is 4.46. The van der Waals surface area contributed by atoms with Gasteiger partial charge in [-0.15, -0.1) is 22.7 Å². The van der Waals surface area contributed by atoms with Gasteiger partial charge in [0.25, 0.3) is 0 Å². The molecular formula is C13H7F3N3S2. The van der Waals surface area contributed by atoms with Crippen molar-refractivity contribution in [3.8, 4) is 21.4 Å². The second kappa shape index (κ2) is 5.19. The third kappa shape index (κ3) is 2.96. The van der Waals surface area contributed by atoms with Gasteiger partial charge in [-0.1, -0.05) is 0 Å². The van der Waals surface area contributed by atoms with Gasteiger partial charge in [0.15, 0.2) is 16.5 Å². The highest BCUT2D eigenvalue weighted by Gasteiger charge is 2.34. The first-order valence-electron chi connectivity index (χ1n) is 5.78. The topological polar surface area (TPSA) is 38.7 Å². The van der Waals surface area contributed by atoms with Crippen LogP contribution in [0.2, 0.25) is 0 Å². The zero-order valence-corrected chi connectivity index (χ0v) is 12.2. The number of aromatic nitrogens is 3. The average molecular weight is 326 g/mol. The smallest absolute Gasteiger partial charge is 0.228 e. The summed E-state index contributed by atoms with van der Waals surface area (Å²) in [6, 6.07) is 5.46. The van der Waals surface area contributed by atoms with Crippen LogP contribution < -0.4 is 0 Å². The third-order valence-electron chi connectivity index (χ3n) is 2.58. The van der Waals surface area contributed by atoms with E-state index in [-0.39, 0.29) is 10.8 Å². The molecule has 0 unspecified atom stereocenters. The molecule has 0 N–H and O–H groups in total. The minimum Gasteiger partial charge on any atom is -0.228 e. The number of rotatable bonds is 2. The van der Waals surface area contributed by atoms with E-state index in [2.05, 4.69) is 21.1 Å². The second-order valence-corrected chi connectivity index (χ2v) is 6.30. The average Bonchev–Trinajstić information content (AvgIpc) is 3.07. The van der Waals surface area contributed by atoms with Gasteiger partial charge in [0, 0.05) is 10.3 Å². The molecule has 107 valence electrons. The van der Waals surface area contributed by atoms with Gasteiger partial charge in [-0.05, 0) is 25.1 Å². The predicted molar refractivity (Wildman–Crippen MR) is 75.0 cm³/mol. The molecule has 0 spiro atoms. The van der Waals surface area contributed by atoms with Crippen LogP contribution in [0.4, 0.5) is 13.2 Å². The van der Waals surface area contributed by atoms with Gasteiger partial charge in [-0.25, -0.2) is 15.0 Å². The van der Waals surface area contributed by atoms with Gasteiger partial charge >= 0.3 is 6.18 Å². The summed E-state index contributed by atoms with van der Waals surface area (Å²) in [6.07, 6.45) is -1.79. The summed E-state index contributed by atoms with van der Waals surface area (Å²) in [5, 5.41) is 1.09. The van der Waals surface area contributed by atoms with Crippen molar-refractivity contribution in [1.29, 1.82) is 0 Å². The van der Waals surface area contributed by atoms with E-state index in [9.17, 15) is 13.2 Å². The van der Waals surface area contributed by atoms with Crippen LogP contribution in [0.3, 0.4) is 0 Å². The van der Waals surface area contributed by atoms with Gasteiger partial charge in [0.1, 0.15) is 0 Å². The zero-order chi connectivity index (χ0) is 15.0. The summed E-state index contributed by atoms with van der Waals surface area (Å²) < 4.78 is 37.7. The second-order valence-electron chi connectivity index (χ2n) is 4.15. The number of hydrogen-bond acceptors (Lipinski definition) is 5. The van der Waals surface area contributed by atoms with E-state index in [0.29, 0.717) is 5.69 Å². The first-order chi connectivity index (χ1) is 9.93. The molecule has 0 aromatic carbocycles. The van der Waals surface area contributed by atoms with E-state index in [1.165, 1.54) is 0 Å². The summed E-state index contributed by atoms with van der Waals surface area (Å²) in [7, 11) is 0. The Morgan fingerprint density at radius 1 is 1.19 bits per heavy atom. The lowest BCUT2D eigenvalue weighted by Gasteiger charge is -2.00. The summed E-state index contributed by atoms with van der Waals surface area (Å²) in [5.41, 5.74) is -0.301. The lowest BCUT2D eigenvalue weighted by atomic mass is 10.3. The lowest BCUT2D eigenvalue weighted by molar-refractivity contribution is -0.140. The number of nitrogens with zero attached hydrogens (tertiary/aromatic N) is 3. The Morgan fingerprint density at radius 3 is 2.62 bits per heavy atom. The van der Waals surface area contributed by atoms with Crippen molar-refractivity contribution in [3.05, 3.63) is 40.3 Å². The highest BCUT2D eigenvalue weighted by atomic mass is 32.1. The molecule has 0 saturated carbocycles. The van der Waals surface area contributed by atoms with Crippen LogP contribution in [-0.4, -0.2) is 15.0 Å². The first kappa shape index (κ1) is 14.2. The number of thiazole rings is 1. The monoisotopic (exact) mass is 326 g/mol. The molecule has 0 aliphatic carbocycles. The summed E-state index contributed by atoms with van der Waals surface area (Å²) in [6.45, 7) is 1.97. The summed E-state index contributed by atoms with van der Waals surface area (Å²) >= 11 is 2.41. The van der Waals surface area contributed by atoms with Crippen molar-refractivity contribution in [1.82, 2.24) is 15.0 Å². The largest absolute Gasteiger partial charge is 0.434 e. The standard InChI is InChI=1S/C13H7F3N3S2/c1-7-2-3-9(21-7)8-4-5-17-11(18-8)12-19-10(6-20-12)13(14,15)16/h2-4,6H,1H3. The van der Waals surface area contributed by atoms with E-state index >= 15 is 0 Å². The van der Waals surface area contributed by atoms with Crippen LogP contribution in [-0.2, 0) is 6.18 Å². The van der Waals surface area contributed by atoms with Crippen LogP contribution in [0.25, 0.3) is 21.4 Å². The molecule has 0 amide bonds. The maximum atomic E-state index is 12.6. The fourth-order valence-electron chi connectivity index (χ4n) is 1.63. The van der Waals surface area contributed by atoms with Gasteiger partial charge in [-0.3, -0.25) is 0 Å². The Balaban J connectivity index is 1.98. The van der Waals surface area contributed by atoms with Crippen molar-refractivity contribution in [2.24, 2.45) is 0 Å². The van der Waals surface area contributed by atoms with Crippen LogP contribution in [0.1, 0.15) is 10.6 Å². The molecule has 0 aliphatic heterocycles. The van der Waals surface area contributed by atoms with E-state index in [1.807, 2.05) is 19.1 Å². The molecule has 0 saturated heterocycles. The number of thiophene rings is 1. The van der Waals surface area contributed by atoms with E-state index in [0.717, 1.165) is 26.5 Å². The Morgan fingerprint density at radius 2 is 2.00 bits per heavy atom. The number of alkyl halides is 3. The molecule has 3 aromatic heterocycles. The molecule has 8 heteroatoms. The van der Waals surface area contributed by atoms with E-state index < -0.39 is 11.9 Å². The highest BCUT2D eigenvalue weighted by molar-refractivity contribution is 7.15. The highest BCUT2D eigenvalue weighted by Crippen LogP contribution is 2.33. The molecule has 0 atom stereocenters. The van der Waals surface area contributed by atoms with E-state index in [4.69, 9.17) is 0 Å². The van der Waals surface area contributed by atoms with Crippen molar-refractivity contribution in [2.75, 3.05) is 0 Å². The number of hydrogen-bond donors (Lipinski definition) is 0. The Hall–Kier alpha value is -1.80.